The maximum atomic E-state index is 11.9. The molecular weight excluding hydrogens is 402 g/mol. The van der Waals surface area contributed by atoms with Gasteiger partial charge in [0.25, 0.3) is 0 Å². The maximum Gasteiger partial charge on any atom is 0.315 e. The number of rotatable bonds is 7. The number of urea groups is 1. The largest absolute Gasteiger partial charge is 0.367 e. The Balaban J connectivity index is 1.50. The Bertz CT molecular complexity index is 1040. The zero-order valence-corrected chi connectivity index (χ0v) is 19.1. The fourth-order valence-corrected chi connectivity index (χ4v) is 4.10. The molecule has 8 nitrogen and oxygen atoms in total. The molecule has 2 amide bonds. The summed E-state index contributed by atoms with van der Waals surface area (Å²) in [5.41, 5.74) is 1.80. The van der Waals surface area contributed by atoms with E-state index in [0.717, 1.165) is 60.5 Å². The molecule has 0 unspecified atom stereocenters. The lowest BCUT2D eigenvalue weighted by atomic mass is 9.91. The van der Waals surface area contributed by atoms with Gasteiger partial charge in [-0.05, 0) is 44.2 Å². The zero-order valence-electron chi connectivity index (χ0n) is 19.1. The third kappa shape index (κ3) is 5.00. The topological polar surface area (TPSA) is 96.8 Å². The Kier molecular flexibility index (Phi) is 6.87. The molecule has 1 aliphatic rings. The molecule has 0 atom stereocenters. The van der Waals surface area contributed by atoms with Crippen LogP contribution in [0.3, 0.4) is 0 Å². The molecule has 32 heavy (non-hydrogen) atoms. The van der Waals surface area contributed by atoms with Gasteiger partial charge in [-0.25, -0.2) is 19.4 Å². The first-order chi connectivity index (χ1) is 15.5. The van der Waals surface area contributed by atoms with Gasteiger partial charge in [-0.15, -0.1) is 0 Å². The molecule has 1 aromatic carbocycles. The molecule has 0 spiro atoms. The highest BCUT2D eigenvalue weighted by Crippen LogP contribution is 2.28. The number of carbonyl (C=O) groups is 1. The number of aromatic nitrogens is 4. The summed E-state index contributed by atoms with van der Waals surface area (Å²) in [5, 5.41) is 15.2. The lowest BCUT2D eigenvalue weighted by Crippen LogP contribution is -2.45. The van der Waals surface area contributed by atoms with E-state index >= 15 is 0 Å². The van der Waals surface area contributed by atoms with Crippen molar-refractivity contribution in [3.63, 3.8) is 0 Å². The number of para-hydroxylation sites is 1. The second kappa shape index (κ2) is 9.97. The van der Waals surface area contributed by atoms with Gasteiger partial charge >= 0.3 is 6.03 Å². The van der Waals surface area contributed by atoms with Crippen molar-refractivity contribution < 1.29 is 4.79 Å². The molecule has 8 heteroatoms. The minimum atomic E-state index is -0.0596. The first-order valence-corrected chi connectivity index (χ1v) is 11.7. The van der Waals surface area contributed by atoms with Crippen molar-refractivity contribution in [2.75, 3.05) is 11.9 Å². The molecule has 3 aromatic rings. The Morgan fingerprint density at radius 3 is 2.50 bits per heavy atom. The summed E-state index contributed by atoms with van der Waals surface area (Å²) in [4.78, 5) is 21.6. The summed E-state index contributed by atoms with van der Waals surface area (Å²) in [6, 6.07) is 10.5. The van der Waals surface area contributed by atoms with Gasteiger partial charge in [0.15, 0.2) is 5.65 Å². The van der Waals surface area contributed by atoms with Crippen molar-refractivity contribution in [1.82, 2.24) is 30.4 Å². The number of fused-ring (bicyclic) bond motifs is 1. The van der Waals surface area contributed by atoms with E-state index in [2.05, 4.69) is 41.8 Å². The highest BCUT2D eigenvalue weighted by Gasteiger charge is 2.24. The molecular formula is C24H33N7O. The average Bonchev–Trinajstić information content (AvgIpc) is 3.24. The van der Waals surface area contributed by atoms with Crippen LogP contribution in [-0.2, 0) is 0 Å². The Hall–Kier alpha value is -3.16. The molecule has 0 radical (unpaired) electrons. The molecule has 1 aliphatic carbocycles. The second-order valence-corrected chi connectivity index (χ2v) is 8.81. The van der Waals surface area contributed by atoms with Crippen LogP contribution < -0.4 is 16.0 Å². The Morgan fingerprint density at radius 2 is 1.81 bits per heavy atom. The van der Waals surface area contributed by atoms with Crippen LogP contribution in [0, 0.1) is 0 Å². The quantitative estimate of drug-likeness (QED) is 0.512. The fraction of sp³-hybridized carbons (Fsp3) is 0.500. The van der Waals surface area contributed by atoms with E-state index in [1.165, 1.54) is 0 Å². The van der Waals surface area contributed by atoms with Crippen LogP contribution in [0.4, 0.5) is 10.6 Å². The molecule has 2 aromatic heterocycles. The normalized spacial score (nSPS) is 18.6. The van der Waals surface area contributed by atoms with Crippen molar-refractivity contribution in [2.24, 2.45) is 0 Å². The van der Waals surface area contributed by atoms with E-state index in [1.807, 2.05) is 41.2 Å². The minimum absolute atomic E-state index is 0.0596. The van der Waals surface area contributed by atoms with Crippen LogP contribution >= 0.6 is 0 Å². The van der Waals surface area contributed by atoms with E-state index in [-0.39, 0.29) is 18.0 Å². The summed E-state index contributed by atoms with van der Waals surface area (Å²) in [7, 11) is 0. The zero-order chi connectivity index (χ0) is 22.5. The molecule has 0 saturated heterocycles. The van der Waals surface area contributed by atoms with Crippen molar-refractivity contribution in [1.29, 1.82) is 0 Å². The summed E-state index contributed by atoms with van der Waals surface area (Å²) in [5.74, 6) is 1.86. The number of nitrogens with one attached hydrogen (secondary N) is 3. The van der Waals surface area contributed by atoms with Gasteiger partial charge in [0, 0.05) is 24.5 Å². The van der Waals surface area contributed by atoms with E-state index < -0.39 is 0 Å². The molecule has 2 heterocycles. The van der Waals surface area contributed by atoms with Gasteiger partial charge in [0.2, 0.25) is 0 Å². The minimum Gasteiger partial charge on any atom is -0.367 e. The Labute approximate surface area is 189 Å². The average molecular weight is 436 g/mol. The van der Waals surface area contributed by atoms with Crippen LogP contribution in [0.1, 0.15) is 64.6 Å². The van der Waals surface area contributed by atoms with Gasteiger partial charge in [0.05, 0.1) is 17.3 Å². The highest BCUT2D eigenvalue weighted by atomic mass is 16.2. The number of anilines is 1. The van der Waals surface area contributed by atoms with Crippen molar-refractivity contribution in [3.8, 4) is 5.69 Å². The Morgan fingerprint density at radius 1 is 1.09 bits per heavy atom. The third-order valence-corrected chi connectivity index (χ3v) is 5.90. The summed E-state index contributed by atoms with van der Waals surface area (Å²) in [6.45, 7) is 6.97. The van der Waals surface area contributed by atoms with Crippen molar-refractivity contribution in [2.45, 2.75) is 70.9 Å². The van der Waals surface area contributed by atoms with Gasteiger partial charge in [0.1, 0.15) is 11.6 Å². The standard InChI is InChI=1S/C24H33N7O/c1-4-14-25-24(32)28-18-12-10-17(11-13-18)27-22-20-15-26-31(19-8-6-5-7-9-19)23(20)30-21(29-22)16(2)3/h5-9,15-18H,4,10-14H2,1-3H3,(H2,25,28,32)(H,27,29,30). The molecule has 4 rings (SSSR count). The fourth-order valence-electron chi connectivity index (χ4n) is 4.10. The molecule has 1 saturated carbocycles. The van der Waals surface area contributed by atoms with Crippen molar-refractivity contribution in [3.05, 3.63) is 42.4 Å². The first kappa shape index (κ1) is 22.0. The molecule has 0 aliphatic heterocycles. The number of nitrogens with zero attached hydrogens (tertiary/aromatic N) is 4. The first-order valence-electron chi connectivity index (χ1n) is 11.7. The molecule has 1 fully saturated rings. The van der Waals surface area contributed by atoms with E-state index in [9.17, 15) is 4.79 Å². The molecule has 170 valence electrons. The predicted molar refractivity (Wildman–Crippen MR) is 127 cm³/mol. The van der Waals surface area contributed by atoms with Crippen LogP contribution in [0.25, 0.3) is 16.7 Å². The smallest absolute Gasteiger partial charge is 0.315 e. The number of hydrogen-bond acceptors (Lipinski definition) is 5. The van der Waals surface area contributed by atoms with Gasteiger partial charge in [-0.3, -0.25) is 0 Å². The van der Waals surface area contributed by atoms with E-state index in [1.54, 1.807) is 0 Å². The van der Waals surface area contributed by atoms with Crippen molar-refractivity contribution >= 4 is 22.9 Å². The number of benzene rings is 1. The van der Waals surface area contributed by atoms with E-state index in [0.29, 0.717) is 12.6 Å². The predicted octanol–water partition coefficient (Wildman–Crippen LogP) is 4.37. The second-order valence-electron chi connectivity index (χ2n) is 8.81. The third-order valence-electron chi connectivity index (χ3n) is 5.90. The van der Waals surface area contributed by atoms with Crippen LogP contribution in [0.5, 0.6) is 0 Å². The van der Waals surface area contributed by atoms with Crippen LogP contribution in [-0.4, -0.2) is 44.4 Å². The van der Waals surface area contributed by atoms with Gasteiger partial charge < -0.3 is 16.0 Å². The lowest BCUT2D eigenvalue weighted by molar-refractivity contribution is 0.232. The SMILES string of the molecule is CCCNC(=O)NC1CCC(Nc2nc(C(C)C)nc3c2cnn3-c2ccccc2)CC1. The van der Waals surface area contributed by atoms with E-state index in [4.69, 9.17) is 9.97 Å². The van der Waals surface area contributed by atoms with Gasteiger partial charge in [-0.1, -0.05) is 39.0 Å². The summed E-state index contributed by atoms with van der Waals surface area (Å²) >= 11 is 0. The monoisotopic (exact) mass is 435 g/mol. The van der Waals surface area contributed by atoms with Crippen LogP contribution in [0.2, 0.25) is 0 Å². The highest BCUT2D eigenvalue weighted by molar-refractivity contribution is 5.87. The summed E-state index contributed by atoms with van der Waals surface area (Å²) < 4.78 is 1.88. The molecule has 0 bridgehead atoms. The molecule has 3 N–H and O–H groups in total. The van der Waals surface area contributed by atoms with Crippen LogP contribution in [0.15, 0.2) is 36.5 Å². The number of amides is 2. The maximum absolute atomic E-state index is 11.9. The lowest BCUT2D eigenvalue weighted by Gasteiger charge is -2.30. The summed E-state index contributed by atoms with van der Waals surface area (Å²) in [6.07, 6.45) is 6.65. The van der Waals surface area contributed by atoms with Gasteiger partial charge in [-0.2, -0.15) is 5.10 Å². The number of carbonyl (C=O) groups excluding carboxylic acids is 1. The number of hydrogen-bond donors (Lipinski definition) is 3.